The van der Waals surface area contributed by atoms with E-state index in [9.17, 15) is 36.3 Å². The van der Waals surface area contributed by atoms with Crippen LogP contribution in [-0.2, 0) is 20.6 Å². The molecule has 1 aromatic rings. The lowest BCUT2D eigenvalue weighted by Gasteiger charge is -2.31. The smallest absolute Gasteiger partial charge is 0.419 e. The van der Waals surface area contributed by atoms with Crippen molar-refractivity contribution >= 4 is 23.9 Å². The van der Waals surface area contributed by atoms with E-state index in [1.807, 2.05) is 0 Å². The number of benzene rings is 1. The number of carboxylic acid groups (broad SMARTS) is 1. The molecule has 164 valence electrons. The summed E-state index contributed by atoms with van der Waals surface area (Å²) in [4.78, 5) is 36.3. The van der Waals surface area contributed by atoms with Crippen LogP contribution in [0.25, 0.3) is 6.08 Å². The highest BCUT2D eigenvalue weighted by Gasteiger charge is 2.35. The van der Waals surface area contributed by atoms with Gasteiger partial charge in [-0.05, 0) is 31.9 Å². The molecule has 1 unspecified atom stereocenters. The maximum absolute atomic E-state index is 13.8. The van der Waals surface area contributed by atoms with E-state index in [4.69, 9.17) is 5.11 Å². The molecule has 0 bridgehead atoms. The number of halogens is 5. The van der Waals surface area contributed by atoms with Crippen molar-refractivity contribution < 1.29 is 41.4 Å². The Bertz CT molecular complexity index is 861. The first-order chi connectivity index (χ1) is 13.9. The van der Waals surface area contributed by atoms with Gasteiger partial charge in [0.05, 0.1) is 5.56 Å². The van der Waals surface area contributed by atoms with Crippen LogP contribution < -0.4 is 5.32 Å². The molecule has 1 aliphatic heterocycles. The lowest BCUT2D eigenvalue weighted by atomic mass is 9.95. The number of carbonyl (C=O) groups excluding carboxylic acids is 2. The van der Waals surface area contributed by atoms with Crippen LogP contribution in [0.4, 0.5) is 22.0 Å². The zero-order chi connectivity index (χ0) is 22.6. The molecular formula is C19H19F5N2O4. The molecule has 0 radical (unpaired) electrons. The Balaban J connectivity index is 1.97. The van der Waals surface area contributed by atoms with E-state index in [0.29, 0.717) is 6.07 Å². The summed E-state index contributed by atoms with van der Waals surface area (Å²) in [5.74, 6) is -6.41. The summed E-state index contributed by atoms with van der Waals surface area (Å²) in [6.45, 7) is 1.67. The number of rotatable bonds is 5. The number of piperidine rings is 1. The molecule has 1 aromatic carbocycles. The van der Waals surface area contributed by atoms with Gasteiger partial charge in [0.15, 0.2) is 11.6 Å². The van der Waals surface area contributed by atoms with Gasteiger partial charge in [0.2, 0.25) is 11.8 Å². The average Bonchev–Trinajstić information content (AvgIpc) is 2.67. The van der Waals surface area contributed by atoms with Gasteiger partial charge in [-0.25, -0.2) is 8.78 Å². The molecule has 0 aromatic heterocycles. The number of carboxylic acids is 1. The summed E-state index contributed by atoms with van der Waals surface area (Å²) < 4.78 is 65.2. The monoisotopic (exact) mass is 434 g/mol. The molecular weight excluding hydrogens is 415 g/mol. The fourth-order valence-corrected chi connectivity index (χ4v) is 2.93. The van der Waals surface area contributed by atoms with Gasteiger partial charge in [-0.15, -0.1) is 0 Å². The van der Waals surface area contributed by atoms with Crippen LogP contribution in [0.15, 0.2) is 18.2 Å². The van der Waals surface area contributed by atoms with E-state index in [0.717, 1.165) is 18.2 Å². The summed E-state index contributed by atoms with van der Waals surface area (Å²) >= 11 is 0. The van der Waals surface area contributed by atoms with E-state index < -0.39 is 58.7 Å². The number of carbonyl (C=O) groups is 3. The second-order valence-electron chi connectivity index (χ2n) is 6.83. The van der Waals surface area contributed by atoms with Crippen molar-refractivity contribution in [1.82, 2.24) is 10.2 Å². The Hall–Kier alpha value is -2.98. The number of amides is 2. The first-order valence-corrected chi connectivity index (χ1v) is 8.97. The molecule has 0 saturated carbocycles. The number of nitrogens with zero attached hydrogens (tertiary/aromatic N) is 1. The maximum atomic E-state index is 13.8. The van der Waals surface area contributed by atoms with Crippen molar-refractivity contribution in [3.8, 4) is 0 Å². The molecule has 30 heavy (non-hydrogen) atoms. The molecule has 2 rings (SSSR count). The summed E-state index contributed by atoms with van der Waals surface area (Å²) in [6.07, 6.45) is -2.68. The molecule has 0 aliphatic carbocycles. The van der Waals surface area contributed by atoms with Gasteiger partial charge in [0, 0.05) is 30.6 Å². The lowest BCUT2D eigenvalue weighted by Crippen LogP contribution is -2.46. The first kappa shape index (κ1) is 23.3. The number of aliphatic carboxylic acids is 1. The quantitative estimate of drug-likeness (QED) is 0.551. The lowest BCUT2D eigenvalue weighted by molar-refractivity contribution is -0.142. The molecule has 2 N–H and O–H groups in total. The van der Waals surface area contributed by atoms with Gasteiger partial charge < -0.3 is 15.3 Å². The average molecular weight is 434 g/mol. The van der Waals surface area contributed by atoms with Crippen LogP contribution >= 0.6 is 0 Å². The van der Waals surface area contributed by atoms with Crippen LogP contribution in [0.1, 0.15) is 30.9 Å². The molecule has 11 heteroatoms. The van der Waals surface area contributed by atoms with Crippen LogP contribution in [0.2, 0.25) is 0 Å². The summed E-state index contributed by atoms with van der Waals surface area (Å²) in [5, 5.41) is 11.2. The van der Waals surface area contributed by atoms with E-state index in [2.05, 4.69) is 5.32 Å². The largest absolute Gasteiger partial charge is 0.480 e. The second kappa shape index (κ2) is 9.23. The Kier molecular flexibility index (Phi) is 7.16. The minimum Gasteiger partial charge on any atom is -0.480 e. The Morgan fingerprint density at radius 1 is 1.17 bits per heavy atom. The van der Waals surface area contributed by atoms with Crippen molar-refractivity contribution in [3.05, 3.63) is 41.0 Å². The minimum atomic E-state index is -5.04. The fourth-order valence-electron chi connectivity index (χ4n) is 2.93. The first-order valence-electron chi connectivity index (χ1n) is 8.97. The molecule has 1 aliphatic rings. The summed E-state index contributed by atoms with van der Waals surface area (Å²) in [6, 6.07) is 0.0785. The van der Waals surface area contributed by atoms with Gasteiger partial charge in [-0.2, -0.15) is 13.2 Å². The third-order valence-corrected chi connectivity index (χ3v) is 4.73. The van der Waals surface area contributed by atoms with Gasteiger partial charge in [0.25, 0.3) is 0 Å². The molecule has 6 nitrogen and oxygen atoms in total. The van der Waals surface area contributed by atoms with Crippen molar-refractivity contribution in [1.29, 1.82) is 0 Å². The van der Waals surface area contributed by atoms with Gasteiger partial charge in [-0.3, -0.25) is 14.4 Å². The van der Waals surface area contributed by atoms with Crippen LogP contribution in [-0.4, -0.2) is 46.9 Å². The zero-order valence-corrected chi connectivity index (χ0v) is 15.8. The Morgan fingerprint density at radius 2 is 1.77 bits per heavy atom. The highest BCUT2D eigenvalue weighted by Crippen LogP contribution is 2.33. The van der Waals surface area contributed by atoms with Crippen LogP contribution in [0.3, 0.4) is 0 Å². The maximum Gasteiger partial charge on any atom is 0.419 e. The second-order valence-corrected chi connectivity index (χ2v) is 6.83. The van der Waals surface area contributed by atoms with E-state index in [1.54, 1.807) is 0 Å². The molecule has 1 atom stereocenters. The fraction of sp³-hybridized carbons (Fsp3) is 0.421. The standard InChI is InChI=1S/C19H19F5N2O4/c1-10(18(29)30)25-17(28)12-6-8-26(9-7-12)14(27)5-3-11-2-4-13(19(22,23)24)16(21)15(11)20/h2-5,10,12H,6-9H2,1H3,(H,25,28)(H,29,30). The Labute approximate surface area is 168 Å². The molecule has 0 spiro atoms. The van der Waals surface area contributed by atoms with Crippen molar-refractivity contribution in [2.75, 3.05) is 13.1 Å². The van der Waals surface area contributed by atoms with Crippen LogP contribution in [0.5, 0.6) is 0 Å². The SMILES string of the molecule is CC(NC(=O)C1CCN(C(=O)C=Cc2ccc(C(F)(F)F)c(F)c2F)CC1)C(=O)O. The number of likely N-dealkylation sites (tertiary alicyclic amines) is 1. The van der Waals surface area contributed by atoms with E-state index in [-0.39, 0.29) is 25.9 Å². The molecule has 1 fully saturated rings. The summed E-state index contributed by atoms with van der Waals surface area (Å²) in [7, 11) is 0. The zero-order valence-electron chi connectivity index (χ0n) is 15.8. The predicted octanol–water partition coefficient (Wildman–Crippen LogP) is 2.82. The number of hydrogen-bond donors (Lipinski definition) is 2. The highest BCUT2D eigenvalue weighted by atomic mass is 19.4. The van der Waals surface area contributed by atoms with E-state index >= 15 is 0 Å². The van der Waals surface area contributed by atoms with E-state index in [1.165, 1.54) is 11.8 Å². The molecule has 2 amide bonds. The minimum absolute atomic E-state index is 0.173. The number of nitrogens with one attached hydrogen (secondary N) is 1. The van der Waals surface area contributed by atoms with Crippen molar-refractivity contribution in [3.63, 3.8) is 0 Å². The number of alkyl halides is 3. The van der Waals surface area contributed by atoms with Crippen molar-refractivity contribution in [2.24, 2.45) is 5.92 Å². The predicted molar refractivity (Wildman–Crippen MR) is 94.9 cm³/mol. The third kappa shape index (κ3) is 5.55. The molecule has 1 heterocycles. The van der Waals surface area contributed by atoms with Gasteiger partial charge >= 0.3 is 12.1 Å². The topological polar surface area (TPSA) is 86.7 Å². The van der Waals surface area contributed by atoms with Gasteiger partial charge in [0.1, 0.15) is 6.04 Å². The summed E-state index contributed by atoms with van der Waals surface area (Å²) in [5.41, 5.74) is -2.24. The molecule has 1 saturated heterocycles. The van der Waals surface area contributed by atoms with Gasteiger partial charge in [-0.1, -0.05) is 6.07 Å². The van der Waals surface area contributed by atoms with Crippen molar-refractivity contribution in [2.45, 2.75) is 32.0 Å². The Morgan fingerprint density at radius 3 is 2.30 bits per heavy atom. The normalized spacial score (nSPS) is 16.5. The highest BCUT2D eigenvalue weighted by molar-refractivity contribution is 5.92. The third-order valence-electron chi connectivity index (χ3n) is 4.73. The van der Waals surface area contributed by atoms with Crippen LogP contribution in [0, 0.1) is 17.6 Å². The number of hydrogen-bond acceptors (Lipinski definition) is 3.